The molecule has 0 spiro atoms. The van der Waals surface area contributed by atoms with Crippen molar-refractivity contribution in [3.63, 3.8) is 0 Å². The average Bonchev–Trinajstić information content (AvgIpc) is 2.59. The van der Waals surface area contributed by atoms with Crippen LogP contribution in [0.15, 0.2) is 11.4 Å². The lowest BCUT2D eigenvalue weighted by atomic mass is 10.1. The van der Waals surface area contributed by atoms with Gasteiger partial charge in [0.2, 0.25) is 0 Å². The number of ketones is 1. The summed E-state index contributed by atoms with van der Waals surface area (Å²) in [6.07, 6.45) is 1.50. The first kappa shape index (κ1) is 11.4. The minimum absolute atomic E-state index is 0.194. The highest BCUT2D eigenvalue weighted by atomic mass is 32.1. The Morgan fingerprint density at radius 2 is 2.29 bits per heavy atom. The number of rotatable bonds is 6. The van der Waals surface area contributed by atoms with Crippen molar-refractivity contribution in [2.24, 2.45) is 0 Å². The first-order valence-corrected chi connectivity index (χ1v) is 5.78. The number of hydrogen-bond acceptors (Lipinski definition) is 3. The molecule has 1 heterocycles. The summed E-state index contributed by atoms with van der Waals surface area (Å²) in [5.41, 5.74) is 0.857. The fourth-order valence-electron chi connectivity index (χ4n) is 1.22. The molecule has 0 bridgehead atoms. The number of carbonyl (C=O) groups excluding carboxylic acids is 1. The van der Waals surface area contributed by atoms with E-state index in [1.807, 2.05) is 18.4 Å². The van der Waals surface area contributed by atoms with E-state index in [1.54, 1.807) is 11.3 Å². The summed E-state index contributed by atoms with van der Waals surface area (Å²) in [5, 5.41) is 1.95. The Morgan fingerprint density at radius 1 is 1.50 bits per heavy atom. The molecule has 78 valence electrons. The highest BCUT2D eigenvalue weighted by molar-refractivity contribution is 7.10. The number of hydrogen-bond donors (Lipinski definition) is 0. The lowest BCUT2D eigenvalue weighted by Gasteiger charge is -2.01. The average molecular weight is 212 g/mol. The molecule has 0 radical (unpaired) electrons. The van der Waals surface area contributed by atoms with Gasteiger partial charge in [0.25, 0.3) is 0 Å². The van der Waals surface area contributed by atoms with Crippen molar-refractivity contribution in [3.05, 3.63) is 21.9 Å². The van der Waals surface area contributed by atoms with Crippen LogP contribution in [0.1, 0.15) is 35.0 Å². The lowest BCUT2D eigenvalue weighted by molar-refractivity contribution is 0.0879. The molecule has 0 saturated carbocycles. The Balaban J connectivity index is 2.32. The maximum atomic E-state index is 11.6. The van der Waals surface area contributed by atoms with Crippen molar-refractivity contribution in [2.45, 2.75) is 26.7 Å². The predicted octanol–water partition coefficient (Wildman–Crippen LogP) is 3.06. The van der Waals surface area contributed by atoms with Crippen LogP contribution < -0.4 is 0 Å². The standard InChI is InChI=1S/C11H16O2S/c1-3-6-13-7-4-11(12)10-5-8-14-9(10)2/h5,8H,3-4,6-7H2,1-2H3. The van der Waals surface area contributed by atoms with Gasteiger partial charge in [0.1, 0.15) is 0 Å². The van der Waals surface area contributed by atoms with E-state index in [0.29, 0.717) is 13.0 Å². The molecule has 3 heteroatoms. The van der Waals surface area contributed by atoms with Gasteiger partial charge in [-0.05, 0) is 24.8 Å². The van der Waals surface area contributed by atoms with Crippen LogP contribution in [0, 0.1) is 6.92 Å². The molecule has 14 heavy (non-hydrogen) atoms. The van der Waals surface area contributed by atoms with Crippen LogP contribution in [-0.4, -0.2) is 19.0 Å². The van der Waals surface area contributed by atoms with E-state index in [9.17, 15) is 4.79 Å². The van der Waals surface area contributed by atoms with Gasteiger partial charge in [-0.25, -0.2) is 0 Å². The van der Waals surface area contributed by atoms with E-state index in [4.69, 9.17) is 4.74 Å². The zero-order valence-corrected chi connectivity index (χ0v) is 9.52. The zero-order valence-electron chi connectivity index (χ0n) is 8.71. The van der Waals surface area contributed by atoms with Gasteiger partial charge in [-0.1, -0.05) is 6.92 Å². The molecule has 0 aliphatic rings. The van der Waals surface area contributed by atoms with Crippen LogP contribution in [0.25, 0.3) is 0 Å². The second-order valence-electron chi connectivity index (χ2n) is 3.18. The SMILES string of the molecule is CCCOCCC(=O)c1ccsc1C. The van der Waals surface area contributed by atoms with Crippen LogP contribution >= 0.6 is 11.3 Å². The maximum absolute atomic E-state index is 11.6. The Hall–Kier alpha value is -0.670. The normalized spacial score (nSPS) is 10.4. The number of thiophene rings is 1. The monoisotopic (exact) mass is 212 g/mol. The number of Topliss-reactive ketones (excluding diaryl/α,β-unsaturated/α-hetero) is 1. The Morgan fingerprint density at radius 3 is 2.86 bits per heavy atom. The molecule has 1 rings (SSSR count). The summed E-state index contributed by atoms with van der Waals surface area (Å²) in [7, 11) is 0. The summed E-state index contributed by atoms with van der Waals surface area (Å²) in [6, 6.07) is 1.89. The summed E-state index contributed by atoms with van der Waals surface area (Å²) >= 11 is 1.61. The van der Waals surface area contributed by atoms with Gasteiger partial charge >= 0.3 is 0 Å². The fraction of sp³-hybridized carbons (Fsp3) is 0.545. The minimum atomic E-state index is 0.194. The molecule has 0 amide bonds. The first-order valence-electron chi connectivity index (χ1n) is 4.90. The molecule has 0 unspecified atom stereocenters. The van der Waals surface area contributed by atoms with Crippen molar-refractivity contribution in [2.75, 3.05) is 13.2 Å². The van der Waals surface area contributed by atoms with Crippen LogP contribution in [0.3, 0.4) is 0 Å². The van der Waals surface area contributed by atoms with Crippen molar-refractivity contribution in [3.8, 4) is 0 Å². The van der Waals surface area contributed by atoms with Gasteiger partial charge < -0.3 is 4.74 Å². The van der Waals surface area contributed by atoms with Gasteiger partial charge in [-0.2, -0.15) is 0 Å². The Labute approximate surface area is 88.9 Å². The largest absolute Gasteiger partial charge is 0.381 e. The molecule has 0 saturated heterocycles. The number of ether oxygens (including phenoxy) is 1. The van der Waals surface area contributed by atoms with E-state index < -0.39 is 0 Å². The van der Waals surface area contributed by atoms with Crippen molar-refractivity contribution in [1.82, 2.24) is 0 Å². The summed E-state index contributed by atoms with van der Waals surface area (Å²) < 4.78 is 5.27. The third-order valence-corrected chi connectivity index (χ3v) is 2.83. The predicted molar refractivity (Wildman–Crippen MR) is 59.1 cm³/mol. The Bertz CT molecular complexity index is 291. The summed E-state index contributed by atoms with van der Waals surface area (Å²) in [4.78, 5) is 12.7. The molecule has 2 nitrogen and oxygen atoms in total. The van der Waals surface area contributed by atoms with E-state index in [2.05, 4.69) is 6.92 Å². The fourth-order valence-corrected chi connectivity index (χ4v) is 1.94. The minimum Gasteiger partial charge on any atom is -0.381 e. The highest BCUT2D eigenvalue weighted by Gasteiger charge is 2.09. The summed E-state index contributed by atoms with van der Waals surface area (Å²) in [6.45, 7) is 5.33. The van der Waals surface area contributed by atoms with E-state index >= 15 is 0 Å². The summed E-state index contributed by atoms with van der Waals surface area (Å²) in [5.74, 6) is 0.194. The van der Waals surface area contributed by atoms with Gasteiger partial charge in [-0.15, -0.1) is 11.3 Å². The maximum Gasteiger partial charge on any atom is 0.166 e. The van der Waals surface area contributed by atoms with E-state index in [0.717, 1.165) is 23.5 Å². The third-order valence-electron chi connectivity index (χ3n) is 1.98. The molecule has 1 aromatic rings. The number of aryl methyl sites for hydroxylation is 1. The van der Waals surface area contributed by atoms with Gasteiger partial charge in [0, 0.05) is 23.5 Å². The number of carbonyl (C=O) groups is 1. The third kappa shape index (κ3) is 3.24. The molecule has 0 fully saturated rings. The zero-order chi connectivity index (χ0) is 10.4. The molecule has 1 aromatic heterocycles. The lowest BCUT2D eigenvalue weighted by Crippen LogP contribution is -2.05. The van der Waals surface area contributed by atoms with Crippen LogP contribution in [-0.2, 0) is 4.74 Å². The van der Waals surface area contributed by atoms with Crippen molar-refractivity contribution < 1.29 is 9.53 Å². The second kappa shape index (κ2) is 5.94. The quantitative estimate of drug-likeness (QED) is 0.535. The highest BCUT2D eigenvalue weighted by Crippen LogP contribution is 2.16. The molecular formula is C11H16O2S. The molecule has 0 aliphatic carbocycles. The molecule has 0 atom stereocenters. The van der Waals surface area contributed by atoms with E-state index in [-0.39, 0.29) is 5.78 Å². The van der Waals surface area contributed by atoms with Crippen LogP contribution in [0.4, 0.5) is 0 Å². The van der Waals surface area contributed by atoms with E-state index in [1.165, 1.54) is 0 Å². The molecule has 0 aromatic carbocycles. The molecule has 0 aliphatic heterocycles. The molecule has 0 N–H and O–H groups in total. The van der Waals surface area contributed by atoms with Gasteiger partial charge in [0.15, 0.2) is 5.78 Å². The topological polar surface area (TPSA) is 26.3 Å². The van der Waals surface area contributed by atoms with Crippen LogP contribution in [0.5, 0.6) is 0 Å². The van der Waals surface area contributed by atoms with Gasteiger partial charge in [-0.3, -0.25) is 4.79 Å². The van der Waals surface area contributed by atoms with Crippen molar-refractivity contribution >= 4 is 17.1 Å². The Kier molecular flexibility index (Phi) is 4.84. The van der Waals surface area contributed by atoms with Gasteiger partial charge in [0.05, 0.1) is 6.61 Å². The second-order valence-corrected chi connectivity index (χ2v) is 4.30. The first-order chi connectivity index (χ1) is 6.75. The smallest absolute Gasteiger partial charge is 0.166 e. The van der Waals surface area contributed by atoms with Crippen molar-refractivity contribution in [1.29, 1.82) is 0 Å². The molecular weight excluding hydrogens is 196 g/mol. The van der Waals surface area contributed by atoms with Crippen LogP contribution in [0.2, 0.25) is 0 Å².